The first-order valence-electron chi connectivity index (χ1n) is 5.00. The average molecular weight is 299 g/mol. The fraction of sp³-hybridized carbons (Fsp3) is 1.00. The van der Waals surface area contributed by atoms with E-state index >= 15 is 0 Å². The molecule has 0 aliphatic carbocycles. The van der Waals surface area contributed by atoms with Crippen molar-refractivity contribution in [1.82, 2.24) is 0 Å². The van der Waals surface area contributed by atoms with Gasteiger partial charge in [0.05, 0.1) is 13.2 Å². The molecule has 14 nitrogen and oxygen atoms in total. The van der Waals surface area contributed by atoms with Crippen LogP contribution in [0.25, 0.3) is 0 Å². The summed E-state index contributed by atoms with van der Waals surface area (Å²) in [6.45, 7) is -0.0955. The third kappa shape index (κ3) is 4.32. The van der Waals surface area contributed by atoms with Crippen molar-refractivity contribution in [2.24, 2.45) is 0 Å². The van der Waals surface area contributed by atoms with Gasteiger partial charge in [-0.2, -0.15) is 0 Å². The minimum Gasteiger partial charge on any atom is -0.371 e. The molecule has 0 amide bonds. The monoisotopic (exact) mass is 299 g/mol. The minimum atomic E-state index is -1.50. The standard InChI is InChI=1S/C6H8N2O8.HNO3/c9-7(10)15-3-1-13-6-4(16-8(11)12)2-14-5(3)6;2-1(3)4/h3-6H,1-2H2;(H,2,3,4)/t3-,4+,5-,6-;/m1./s1. The first kappa shape index (κ1) is 15.6. The molecule has 0 unspecified atom stereocenters. The van der Waals surface area contributed by atoms with Gasteiger partial charge in [-0.1, -0.05) is 0 Å². The fourth-order valence-corrected chi connectivity index (χ4v) is 1.83. The zero-order chi connectivity index (χ0) is 15.3. The highest BCUT2D eigenvalue weighted by Gasteiger charge is 2.51. The molecule has 114 valence electrons. The van der Waals surface area contributed by atoms with Gasteiger partial charge in [0.1, 0.15) is 12.2 Å². The Bertz CT molecular complexity index is 354. The highest BCUT2D eigenvalue weighted by Crippen LogP contribution is 2.30. The third-order valence-corrected chi connectivity index (χ3v) is 2.41. The van der Waals surface area contributed by atoms with Crippen molar-refractivity contribution in [3.8, 4) is 0 Å². The van der Waals surface area contributed by atoms with E-state index in [2.05, 4.69) is 9.68 Å². The zero-order valence-electron chi connectivity index (χ0n) is 9.59. The summed E-state index contributed by atoms with van der Waals surface area (Å²) in [6.07, 6.45) is -3.12. The van der Waals surface area contributed by atoms with E-state index in [1.54, 1.807) is 0 Å². The van der Waals surface area contributed by atoms with Crippen LogP contribution in [-0.2, 0) is 19.1 Å². The smallest absolute Gasteiger partial charge is 0.294 e. The molecule has 0 aromatic rings. The van der Waals surface area contributed by atoms with E-state index in [4.69, 9.17) is 24.8 Å². The Morgan fingerprint density at radius 2 is 1.20 bits per heavy atom. The second-order valence-electron chi connectivity index (χ2n) is 3.57. The van der Waals surface area contributed by atoms with Crippen molar-refractivity contribution in [3.05, 3.63) is 30.3 Å². The lowest BCUT2D eigenvalue weighted by molar-refractivity contribution is -0.769. The molecule has 20 heavy (non-hydrogen) atoms. The topological polar surface area (TPSA) is 187 Å². The van der Waals surface area contributed by atoms with Crippen LogP contribution in [0.5, 0.6) is 0 Å². The van der Waals surface area contributed by atoms with Crippen molar-refractivity contribution in [2.45, 2.75) is 24.4 Å². The van der Waals surface area contributed by atoms with Gasteiger partial charge in [0.15, 0.2) is 12.2 Å². The number of rotatable bonds is 4. The van der Waals surface area contributed by atoms with Crippen molar-refractivity contribution >= 4 is 0 Å². The Morgan fingerprint density at radius 1 is 0.900 bits per heavy atom. The first-order valence-corrected chi connectivity index (χ1v) is 5.00. The lowest BCUT2D eigenvalue weighted by atomic mass is 10.1. The molecular formula is C6H9N3O11. The van der Waals surface area contributed by atoms with Crippen LogP contribution < -0.4 is 0 Å². The van der Waals surface area contributed by atoms with Crippen LogP contribution in [0.1, 0.15) is 0 Å². The van der Waals surface area contributed by atoms with Crippen LogP contribution in [0.3, 0.4) is 0 Å². The second-order valence-corrected chi connectivity index (χ2v) is 3.57. The molecule has 0 radical (unpaired) electrons. The zero-order valence-corrected chi connectivity index (χ0v) is 9.59. The van der Waals surface area contributed by atoms with Crippen molar-refractivity contribution in [3.63, 3.8) is 0 Å². The minimum absolute atomic E-state index is 0.0477. The molecule has 4 atom stereocenters. The molecule has 2 heterocycles. The number of hydrogen-bond acceptors (Lipinski definition) is 10. The maximum atomic E-state index is 10.1. The van der Waals surface area contributed by atoms with E-state index in [0.29, 0.717) is 0 Å². The first-order chi connectivity index (χ1) is 9.31. The molecule has 2 aliphatic rings. The van der Waals surface area contributed by atoms with Gasteiger partial charge >= 0.3 is 0 Å². The maximum absolute atomic E-state index is 10.1. The molecule has 2 saturated heterocycles. The van der Waals surface area contributed by atoms with Gasteiger partial charge in [0.2, 0.25) is 0 Å². The number of ether oxygens (including phenoxy) is 2. The molecule has 0 saturated carbocycles. The summed E-state index contributed by atoms with van der Waals surface area (Å²) in [5.41, 5.74) is 0. The van der Waals surface area contributed by atoms with Gasteiger partial charge in [-0.05, 0) is 0 Å². The lowest BCUT2D eigenvalue weighted by Gasteiger charge is -2.13. The molecule has 0 spiro atoms. The van der Waals surface area contributed by atoms with Crippen LogP contribution in [0.2, 0.25) is 0 Å². The van der Waals surface area contributed by atoms with Crippen LogP contribution in [0, 0.1) is 30.3 Å². The molecule has 2 fully saturated rings. The molecule has 2 rings (SSSR count). The van der Waals surface area contributed by atoms with E-state index < -0.39 is 39.7 Å². The molecule has 0 aromatic heterocycles. The van der Waals surface area contributed by atoms with Crippen LogP contribution >= 0.6 is 0 Å². The van der Waals surface area contributed by atoms with E-state index in [-0.39, 0.29) is 13.2 Å². The van der Waals surface area contributed by atoms with Crippen LogP contribution in [0.15, 0.2) is 0 Å². The fourth-order valence-electron chi connectivity index (χ4n) is 1.83. The number of fused-ring (bicyclic) bond motifs is 1. The largest absolute Gasteiger partial charge is 0.371 e. The molecule has 0 aromatic carbocycles. The molecule has 1 N–H and O–H groups in total. The number of hydrogen-bond donors (Lipinski definition) is 1. The lowest BCUT2D eigenvalue weighted by Crippen LogP contribution is -2.35. The Labute approximate surface area is 109 Å². The molecule has 2 aliphatic heterocycles. The molecular weight excluding hydrogens is 290 g/mol. The summed E-state index contributed by atoms with van der Waals surface area (Å²) in [6, 6.07) is 0. The highest BCUT2D eigenvalue weighted by atomic mass is 17.0. The second kappa shape index (κ2) is 6.62. The maximum Gasteiger partial charge on any atom is 0.294 e. The van der Waals surface area contributed by atoms with Gasteiger partial charge in [-0.3, -0.25) is 0 Å². The average Bonchev–Trinajstić information content (AvgIpc) is 2.81. The van der Waals surface area contributed by atoms with Gasteiger partial charge in [0.25, 0.3) is 15.3 Å². The summed E-state index contributed by atoms with van der Waals surface area (Å²) in [5.74, 6) is 0. The van der Waals surface area contributed by atoms with Gasteiger partial charge in [0, 0.05) is 0 Å². The summed E-state index contributed by atoms with van der Waals surface area (Å²) >= 11 is 0. The highest BCUT2D eigenvalue weighted by molar-refractivity contribution is 4.94. The summed E-state index contributed by atoms with van der Waals surface area (Å²) in [7, 11) is 0. The van der Waals surface area contributed by atoms with Gasteiger partial charge < -0.3 is 24.4 Å². The van der Waals surface area contributed by atoms with Crippen LogP contribution in [-0.4, -0.2) is 58.1 Å². The predicted octanol–water partition coefficient (Wildman–Crippen LogP) is -1.41. The third-order valence-electron chi connectivity index (χ3n) is 2.41. The quantitative estimate of drug-likeness (QED) is 0.474. The Kier molecular flexibility index (Phi) is 5.15. The van der Waals surface area contributed by atoms with Crippen LogP contribution in [0.4, 0.5) is 0 Å². The Balaban J connectivity index is 0.000000444. The van der Waals surface area contributed by atoms with E-state index in [1.165, 1.54) is 0 Å². The predicted molar refractivity (Wildman–Crippen MR) is 52.0 cm³/mol. The van der Waals surface area contributed by atoms with Crippen molar-refractivity contribution < 1.29 is 39.6 Å². The van der Waals surface area contributed by atoms with Crippen molar-refractivity contribution in [2.75, 3.05) is 13.2 Å². The van der Waals surface area contributed by atoms with E-state index in [1.807, 2.05) is 0 Å². The summed E-state index contributed by atoms with van der Waals surface area (Å²) in [5, 5.41) is 32.0. The Hall–Kier alpha value is -2.48. The molecule has 14 heteroatoms. The SMILES string of the molecule is O=[N+]([O-])O.O=[N+]([O-])O[C@H]1CO[C@H]2[C@@H]1OC[C@H]2O[N+](=O)[O-]. The van der Waals surface area contributed by atoms with Gasteiger partial charge in [-0.15, -0.1) is 30.3 Å². The normalized spacial score (nSPS) is 30.6. The summed E-state index contributed by atoms with van der Waals surface area (Å²) < 4.78 is 10.2. The Morgan fingerprint density at radius 3 is 1.45 bits per heavy atom. The van der Waals surface area contributed by atoms with Gasteiger partial charge in [-0.25, -0.2) is 0 Å². The van der Waals surface area contributed by atoms with Crippen molar-refractivity contribution in [1.29, 1.82) is 0 Å². The van der Waals surface area contributed by atoms with E-state index in [0.717, 1.165) is 0 Å². The molecule has 0 bridgehead atoms. The summed E-state index contributed by atoms with van der Waals surface area (Å²) in [4.78, 5) is 37.3. The number of nitrogens with zero attached hydrogens (tertiary/aromatic N) is 3. The van der Waals surface area contributed by atoms with E-state index in [9.17, 15) is 20.2 Å².